The molecule has 5 rings (SSSR count). The number of hydrogen-bond acceptors (Lipinski definition) is 8. The van der Waals surface area contributed by atoms with E-state index in [1.54, 1.807) is 12.0 Å². The summed E-state index contributed by atoms with van der Waals surface area (Å²) in [6, 6.07) is 5.13. The zero-order valence-electron chi connectivity index (χ0n) is 27.5. The van der Waals surface area contributed by atoms with Gasteiger partial charge in [0.25, 0.3) is 0 Å². The first-order valence-corrected chi connectivity index (χ1v) is 16.4. The van der Waals surface area contributed by atoms with Crippen LogP contribution in [-0.2, 0) is 30.3 Å². The van der Waals surface area contributed by atoms with Gasteiger partial charge in [-0.2, -0.15) is 0 Å². The lowest BCUT2D eigenvalue weighted by molar-refractivity contribution is -0.159. The number of unbranched alkanes of at least 4 members (excludes halogenated alkanes) is 3. The first-order chi connectivity index (χ1) is 21.5. The van der Waals surface area contributed by atoms with E-state index in [-0.39, 0.29) is 18.9 Å². The molecule has 244 valence electrons. The van der Waals surface area contributed by atoms with Crippen molar-refractivity contribution in [3.05, 3.63) is 42.1 Å². The van der Waals surface area contributed by atoms with Crippen LogP contribution in [0, 0.1) is 5.92 Å². The van der Waals surface area contributed by atoms with Gasteiger partial charge >= 0.3 is 11.9 Å². The Morgan fingerprint density at radius 2 is 1.96 bits per heavy atom. The van der Waals surface area contributed by atoms with Gasteiger partial charge in [-0.3, -0.25) is 9.59 Å². The van der Waals surface area contributed by atoms with Gasteiger partial charge in [-0.15, -0.1) is 6.58 Å². The summed E-state index contributed by atoms with van der Waals surface area (Å²) in [6.45, 7) is 9.48. The molecule has 1 saturated carbocycles. The average molecular weight is 621 g/mol. The van der Waals surface area contributed by atoms with Crippen molar-refractivity contribution in [2.24, 2.45) is 5.92 Å². The third-order valence-corrected chi connectivity index (χ3v) is 9.19. The molecule has 1 aliphatic carbocycles. The molecule has 2 aromatic rings. The van der Waals surface area contributed by atoms with Crippen molar-refractivity contribution in [3.63, 3.8) is 0 Å². The highest BCUT2D eigenvalue weighted by Crippen LogP contribution is 2.51. The molecule has 45 heavy (non-hydrogen) atoms. The van der Waals surface area contributed by atoms with Crippen LogP contribution in [0.3, 0.4) is 0 Å². The minimum atomic E-state index is -0.802. The number of allylic oxidation sites excluding steroid dienone is 1. The largest absolute Gasteiger partial charge is 0.497 e. The van der Waals surface area contributed by atoms with Crippen LogP contribution in [0.15, 0.2) is 30.9 Å². The van der Waals surface area contributed by atoms with Crippen LogP contribution >= 0.6 is 0 Å². The Morgan fingerprint density at radius 3 is 2.62 bits per heavy atom. The summed E-state index contributed by atoms with van der Waals surface area (Å²) in [7, 11) is 3.00. The number of aromatic nitrogens is 1. The Labute approximate surface area is 266 Å². The highest BCUT2D eigenvalue weighted by Gasteiger charge is 2.54. The molecule has 1 aromatic carbocycles. The van der Waals surface area contributed by atoms with Crippen LogP contribution in [0.4, 0.5) is 0 Å². The number of pyridine rings is 1. The Kier molecular flexibility index (Phi) is 9.75. The summed E-state index contributed by atoms with van der Waals surface area (Å²) in [5, 5.41) is 1.01. The van der Waals surface area contributed by atoms with Crippen LogP contribution in [0.25, 0.3) is 10.9 Å². The molecule has 3 aliphatic rings. The number of aryl methyl sites for hydroxylation is 1. The van der Waals surface area contributed by atoms with Crippen molar-refractivity contribution < 1.29 is 33.3 Å². The van der Waals surface area contributed by atoms with Crippen molar-refractivity contribution in [1.82, 2.24) is 9.88 Å². The number of nitrogens with zero attached hydrogens (tertiary/aromatic N) is 2. The van der Waals surface area contributed by atoms with Gasteiger partial charge in [-0.25, -0.2) is 9.78 Å². The smallest absolute Gasteiger partial charge is 0.328 e. The van der Waals surface area contributed by atoms with Gasteiger partial charge < -0.3 is 23.8 Å². The number of benzene rings is 1. The minimum Gasteiger partial charge on any atom is -0.497 e. The van der Waals surface area contributed by atoms with Crippen molar-refractivity contribution in [2.75, 3.05) is 20.8 Å². The molecule has 2 aliphatic heterocycles. The lowest BCUT2D eigenvalue weighted by atomic mass is 9.87. The van der Waals surface area contributed by atoms with Crippen molar-refractivity contribution in [1.29, 1.82) is 0 Å². The van der Waals surface area contributed by atoms with Crippen molar-refractivity contribution in [3.8, 4) is 11.5 Å². The number of carbonyl (C=O) groups is 3. The first kappa shape index (κ1) is 32.8. The number of carbonyl (C=O) groups excluding carboxylic acids is 3. The monoisotopic (exact) mass is 620 g/mol. The van der Waals surface area contributed by atoms with E-state index in [2.05, 4.69) is 6.58 Å². The predicted molar refractivity (Wildman–Crippen MR) is 171 cm³/mol. The number of ether oxygens (including phenoxy) is 4. The standard InChI is InChI=1S/C36H48N2O7/c1-7-8-9-10-11-12-24(19-30(39)44-35(2,3)4)33(40)38-22-36(21-29(38)34(41)43-6)18-17-26-27-20-25(42-5)15-16-28(27)37-31(23-13-14-23)32(26)45-36/h7,15-16,20,23-24,29H,1,8-14,17-19,21-22H2,2-6H3/t24-,29+,36+/m1/s1. The maximum absolute atomic E-state index is 14.3. The Bertz CT molecular complexity index is 1440. The van der Waals surface area contributed by atoms with Crippen LogP contribution in [0.5, 0.6) is 11.5 Å². The number of amides is 1. The van der Waals surface area contributed by atoms with E-state index in [1.807, 2.05) is 45.0 Å². The zero-order chi connectivity index (χ0) is 32.4. The van der Waals surface area contributed by atoms with Crippen LogP contribution in [0.1, 0.15) is 102 Å². The maximum atomic E-state index is 14.3. The molecule has 9 heteroatoms. The number of methoxy groups -OCH3 is 2. The second-order valence-electron chi connectivity index (χ2n) is 13.9. The zero-order valence-corrected chi connectivity index (χ0v) is 27.5. The van der Waals surface area contributed by atoms with E-state index in [4.69, 9.17) is 23.9 Å². The fourth-order valence-corrected chi connectivity index (χ4v) is 6.82. The molecular weight excluding hydrogens is 572 g/mol. The van der Waals surface area contributed by atoms with Gasteiger partial charge in [0.1, 0.15) is 28.7 Å². The molecule has 3 atom stereocenters. The summed E-state index contributed by atoms with van der Waals surface area (Å²) in [6.07, 6.45) is 9.76. The van der Waals surface area contributed by atoms with Gasteiger partial charge in [0, 0.05) is 29.2 Å². The summed E-state index contributed by atoms with van der Waals surface area (Å²) in [4.78, 5) is 47.1. The topological polar surface area (TPSA) is 104 Å². The molecule has 1 saturated heterocycles. The molecule has 3 heterocycles. The molecular formula is C36H48N2O7. The second kappa shape index (κ2) is 13.4. The molecule has 1 aromatic heterocycles. The Hall–Kier alpha value is -3.62. The van der Waals surface area contributed by atoms with Gasteiger partial charge in [0.2, 0.25) is 5.91 Å². The van der Waals surface area contributed by atoms with E-state index in [9.17, 15) is 14.4 Å². The Balaban J connectivity index is 1.44. The number of likely N-dealkylation sites (tertiary alicyclic amines) is 1. The molecule has 1 amide bonds. The second-order valence-corrected chi connectivity index (χ2v) is 13.9. The van der Waals surface area contributed by atoms with Crippen molar-refractivity contribution in [2.45, 2.75) is 115 Å². The van der Waals surface area contributed by atoms with E-state index in [0.29, 0.717) is 25.2 Å². The van der Waals surface area contributed by atoms with Crippen molar-refractivity contribution >= 4 is 28.7 Å². The fourth-order valence-electron chi connectivity index (χ4n) is 6.82. The lowest BCUT2D eigenvalue weighted by Gasteiger charge is -2.37. The number of fused-ring (bicyclic) bond motifs is 3. The maximum Gasteiger partial charge on any atom is 0.328 e. The SMILES string of the molecule is C=CCCCCC[C@H](CC(=O)OC(C)(C)C)C(=O)N1C[C@]2(CCc3c(c(C4CC4)nc4ccc(OC)cc34)O2)C[C@H]1C(=O)OC. The molecule has 0 bridgehead atoms. The summed E-state index contributed by atoms with van der Waals surface area (Å²) in [5.74, 6) is 0.165. The van der Waals surface area contributed by atoms with E-state index < -0.39 is 35.1 Å². The summed E-state index contributed by atoms with van der Waals surface area (Å²) >= 11 is 0. The third kappa shape index (κ3) is 7.45. The molecule has 0 radical (unpaired) electrons. The number of hydrogen-bond donors (Lipinski definition) is 0. The minimum absolute atomic E-state index is 0.0395. The highest BCUT2D eigenvalue weighted by atomic mass is 16.6. The van der Waals surface area contributed by atoms with E-state index in [1.165, 1.54) is 7.11 Å². The normalized spacial score (nSPS) is 21.6. The van der Waals surface area contributed by atoms with Crippen LogP contribution < -0.4 is 9.47 Å². The fraction of sp³-hybridized carbons (Fsp3) is 0.611. The van der Waals surface area contributed by atoms with Gasteiger partial charge in [0.05, 0.1) is 38.4 Å². The molecule has 2 fully saturated rings. The number of esters is 2. The summed E-state index contributed by atoms with van der Waals surface area (Å²) < 4.78 is 23.3. The van der Waals surface area contributed by atoms with E-state index in [0.717, 1.165) is 78.6 Å². The predicted octanol–water partition coefficient (Wildman–Crippen LogP) is 6.44. The molecule has 1 spiro atoms. The summed E-state index contributed by atoms with van der Waals surface area (Å²) in [5.41, 5.74) is 1.56. The third-order valence-electron chi connectivity index (χ3n) is 9.19. The molecule has 0 N–H and O–H groups in total. The van der Waals surface area contributed by atoms with Crippen LogP contribution in [-0.4, -0.2) is 65.7 Å². The quantitative estimate of drug-likeness (QED) is 0.152. The first-order valence-electron chi connectivity index (χ1n) is 16.4. The molecule has 0 unspecified atom stereocenters. The molecule has 9 nitrogen and oxygen atoms in total. The van der Waals surface area contributed by atoms with Gasteiger partial charge in [-0.1, -0.05) is 18.9 Å². The highest BCUT2D eigenvalue weighted by molar-refractivity contribution is 5.90. The Morgan fingerprint density at radius 1 is 1.18 bits per heavy atom. The number of rotatable bonds is 12. The van der Waals surface area contributed by atoms with Crippen LogP contribution in [0.2, 0.25) is 0 Å². The average Bonchev–Trinajstić information content (AvgIpc) is 3.79. The van der Waals surface area contributed by atoms with E-state index >= 15 is 0 Å². The van der Waals surface area contributed by atoms with Gasteiger partial charge in [0.15, 0.2) is 0 Å². The van der Waals surface area contributed by atoms with Gasteiger partial charge in [-0.05, 0) is 83.9 Å². The lowest BCUT2D eigenvalue weighted by Crippen LogP contribution is -2.47.